The molecule has 2 unspecified atom stereocenters. The molecule has 6 heteroatoms. The molecule has 3 fully saturated rings. The smallest absolute Gasteiger partial charge is 0.315 e. The van der Waals surface area contributed by atoms with E-state index in [2.05, 4.69) is 10.6 Å². The summed E-state index contributed by atoms with van der Waals surface area (Å²) in [6.07, 6.45) is 10.3. The average molecular weight is 323 g/mol. The molecule has 0 spiro atoms. The lowest BCUT2D eigenvalue weighted by molar-refractivity contribution is -0.148. The summed E-state index contributed by atoms with van der Waals surface area (Å²) in [6.45, 7) is 1.34. The molecule has 2 aliphatic carbocycles. The number of amides is 3. The molecule has 3 amide bonds. The van der Waals surface area contributed by atoms with Gasteiger partial charge in [0, 0.05) is 12.6 Å². The van der Waals surface area contributed by atoms with Crippen molar-refractivity contribution in [1.82, 2.24) is 15.5 Å². The summed E-state index contributed by atoms with van der Waals surface area (Å²) >= 11 is 0. The number of hydrogen-bond acceptors (Lipinski definition) is 3. The van der Waals surface area contributed by atoms with E-state index in [9.17, 15) is 9.59 Å². The second-order valence-electron chi connectivity index (χ2n) is 7.01. The van der Waals surface area contributed by atoms with Crippen LogP contribution in [0, 0.1) is 0 Å². The monoisotopic (exact) mass is 323 g/mol. The quantitative estimate of drug-likeness (QED) is 0.832. The van der Waals surface area contributed by atoms with Gasteiger partial charge in [0.2, 0.25) is 5.91 Å². The van der Waals surface area contributed by atoms with Gasteiger partial charge in [-0.2, -0.15) is 0 Å². The van der Waals surface area contributed by atoms with Crippen LogP contribution in [0.25, 0.3) is 0 Å². The number of carbonyl (C=O) groups excluding carboxylic acids is 2. The molecule has 23 heavy (non-hydrogen) atoms. The van der Waals surface area contributed by atoms with Gasteiger partial charge >= 0.3 is 6.03 Å². The highest BCUT2D eigenvalue weighted by molar-refractivity contribution is 5.84. The van der Waals surface area contributed by atoms with Gasteiger partial charge in [-0.3, -0.25) is 4.79 Å². The molecule has 1 heterocycles. The molecule has 2 atom stereocenters. The molecule has 0 bridgehead atoms. The number of nitrogens with zero attached hydrogens (tertiary/aromatic N) is 1. The summed E-state index contributed by atoms with van der Waals surface area (Å²) in [5, 5.41) is 5.73. The molecule has 6 nitrogen and oxygen atoms in total. The van der Waals surface area contributed by atoms with Crippen LogP contribution in [-0.4, -0.2) is 54.7 Å². The molecule has 3 rings (SSSR count). The van der Waals surface area contributed by atoms with Gasteiger partial charge in [-0.05, 0) is 25.7 Å². The zero-order valence-corrected chi connectivity index (χ0v) is 13.9. The summed E-state index contributed by atoms with van der Waals surface area (Å²) in [4.78, 5) is 26.4. The van der Waals surface area contributed by atoms with Crippen LogP contribution in [0.1, 0.15) is 57.8 Å². The molecule has 0 aromatic rings. The molecule has 2 saturated carbocycles. The maximum Gasteiger partial charge on any atom is 0.315 e. The van der Waals surface area contributed by atoms with E-state index in [0.29, 0.717) is 13.2 Å². The Labute approximate surface area is 138 Å². The predicted octanol–water partition coefficient (Wildman–Crippen LogP) is 1.79. The van der Waals surface area contributed by atoms with Crippen LogP contribution in [0.15, 0.2) is 0 Å². The number of ether oxygens (including phenoxy) is 1. The van der Waals surface area contributed by atoms with Crippen LogP contribution in [0.5, 0.6) is 0 Å². The molecule has 1 aliphatic heterocycles. The van der Waals surface area contributed by atoms with Crippen molar-refractivity contribution in [3.63, 3.8) is 0 Å². The first-order valence-electron chi connectivity index (χ1n) is 9.19. The minimum atomic E-state index is -0.210. The van der Waals surface area contributed by atoms with E-state index in [-0.39, 0.29) is 36.7 Å². The van der Waals surface area contributed by atoms with Gasteiger partial charge in [0.25, 0.3) is 0 Å². The molecule has 3 aliphatic rings. The highest BCUT2D eigenvalue weighted by Gasteiger charge is 2.36. The van der Waals surface area contributed by atoms with Crippen molar-refractivity contribution in [2.24, 2.45) is 0 Å². The van der Waals surface area contributed by atoms with Crippen LogP contribution in [0.2, 0.25) is 0 Å². The Morgan fingerprint density at radius 2 is 1.74 bits per heavy atom. The fourth-order valence-electron chi connectivity index (χ4n) is 4.15. The topological polar surface area (TPSA) is 70.7 Å². The second-order valence-corrected chi connectivity index (χ2v) is 7.01. The third kappa shape index (κ3) is 4.37. The summed E-state index contributed by atoms with van der Waals surface area (Å²) in [7, 11) is 0. The zero-order valence-electron chi connectivity index (χ0n) is 13.9. The Bertz CT molecular complexity index is 421. The highest BCUT2D eigenvalue weighted by Crippen LogP contribution is 2.28. The van der Waals surface area contributed by atoms with Crippen LogP contribution in [-0.2, 0) is 9.53 Å². The number of carbonyl (C=O) groups is 2. The van der Waals surface area contributed by atoms with Gasteiger partial charge in [0.15, 0.2) is 0 Å². The maximum atomic E-state index is 12.5. The fourth-order valence-corrected chi connectivity index (χ4v) is 4.15. The first kappa shape index (κ1) is 16.6. The van der Waals surface area contributed by atoms with Crippen molar-refractivity contribution in [2.45, 2.75) is 76.0 Å². The van der Waals surface area contributed by atoms with E-state index in [1.54, 1.807) is 0 Å². The Balaban J connectivity index is 1.43. The lowest BCUT2D eigenvalue weighted by Gasteiger charge is -2.43. The third-order valence-electron chi connectivity index (χ3n) is 5.39. The number of hydrogen-bond donors (Lipinski definition) is 2. The van der Waals surface area contributed by atoms with Gasteiger partial charge in [0.1, 0.15) is 0 Å². The highest BCUT2D eigenvalue weighted by atomic mass is 16.5. The van der Waals surface area contributed by atoms with E-state index < -0.39 is 0 Å². The van der Waals surface area contributed by atoms with Gasteiger partial charge in [-0.15, -0.1) is 0 Å². The molecular formula is C17H29N3O3. The SMILES string of the molecule is O=C(NCC(=O)N1CCOC2CCCCC21)NC1CCCCC1. The Morgan fingerprint density at radius 3 is 2.57 bits per heavy atom. The minimum Gasteiger partial charge on any atom is -0.374 e. The summed E-state index contributed by atoms with van der Waals surface area (Å²) in [5.74, 6) is 0.0176. The second kappa shape index (κ2) is 7.99. The van der Waals surface area contributed by atoms with Crippen molar-refractivity contribution in [3.8, 4) is 0 Å². The van der Waals surface area contributed by atoms with Gasteiger partial charge in [-0.25, -0.2) is 4.79 Å². The molecule has 2 N–H and O–H groups in total. The van der Waals surface area contributed by atoms with Crippen molar-refractivity contribution in [1.29, 1.82) is 0 Å². The van der Waals surface area contributed by atoms with Crippen LogP contribution < -0.4 is 10.6 Å². The van der Waals surface area contributed by atoms with Crippen molar-refractivity contribution >= 4 is 11.9 Å². The Hall–Kier alpha value is -1.30. The van der Waals surface area contributed by atoms with Crippen molar-refractivity contribution in [2.75, 3.05) is 19.7 Å². The number of nitrogens with one attached hydrogen (secondary N) is 2. The van der Waals surface area contributed by atoms with Gasteiger partial charge in [0.05, 0.1) is 25.3 Å². The summed E-state index contributed by atoms with van der Waals surface area (Å²) < 4.78 is 5.79. The summed E-state index contributed by atoms with van der Waals surface area (Å²) in [6, 6.07) is 0.261. The number of urea groups is 1. The first-order valence-corrected chi connectivity index (χ1v) is 9.19. The molecule has 1 saturated heterocycles. The Morgan fingerprint density at radius 1 is 1.00 bits per heavy atom. The maximum absolute atomic E-state index is 12.5. The van der Waals surface area contributed by atoms with E-state index in [1.165, 1.54) is 25.7 Å². The first-order chi connectivity index (χ1) is 11.2. The normalized spacial score (nSPS) is 28.8. The van der Waals surface area contributed by atoms with E-state index in [4.69, 9.17) is 4.74 Å². The summed E-state index contributed by atoms with van der Waals surface area (Å²) in [5.41, 5.74) is 0. The molecule has 0 aromatic heterocycles. The standard InChI is InChI=1S/C17H29N3O3/c21-16(12-18-17(22)19-13-6-2-1-3-7-13)20-10-11-23-15-9-5-4-8-14(15)20/h13-15H,1-12H2,(H2,18,19,22). The van der Waals surface area contributed by atoms with Crippen molar-refractivity contribution in [3.05, 3.63) is 0 Å². The third-order valence-corrected chi connectivity index (χ3v) is 5.39. The zero-order chi connectivity index (χ0) is 16.1. The van der Waals surface area contributed by atoms with Crippen LogP contribution >= 0.6 is 0 Å². The molecule has 0 radical (unpaired) electrons. The fraction of sp³-hybridized carbons (Fsp3) is 0.882. The van der Waals surface area contributed by atoms with Crippen molar-refractivity contribution < 1.29 is 14.3 Å². The lowest BCUT2D eigenvalue weighted by atomic mass is 9.90. The van der Waals surface area contributed by atoms with Crippen LogP contribution in [0.3, 0.4) is 0 Å². The minimum absolute atomic E-state index is 0.0176. The lowest BCUT2D eigenvalue weighted by Crippen LogP contribution is -2.57. The van der Waals surface area contributed by atoms with E-state index >= 15 is 0 Å². The van der Waals surface area contributed by atoms with E-state index in [1.807, 2.05) is 4.90 Å². The Kier molecular flexibility index (Phi) is 5.75. The van der Waals surface area contributed by atoms with E-state index in [0.717, 1.165) is 32.1 Å². The largest absolute Gasteiger partial charge is 0.374 e. The predicted molar refractivity (Wildman–Crippen MR) is 87.1 cm³/mol. The van der Waals surface area contributed by atoms with Crippen LogP contribution in [0.4, 0.5) is 4.79 Å². The number of rotatable bonds is 3. The van der Waals surface area contributed by atoms with Gasteiger partial charge in [-0.1, -0.05) is 32.1 Å². The molecular weight excluding hydrogens is 294 g/mol. The van der Waals surface area contributed by atoms with Gasteiger partial charge < -0.3 is 20.3 Å². The molecule has 0 aromatic carbocycles. The number of morpholine rings is 1. The average Bonchev–Trinajstić information content (AvgIpc) is 2.60. The molecule has 130 valence electrons. The number of fused-ring (bicyclic) bond motifs is 1.